The molecule has 0 aliphatic heterocycles. The minimum absolute atomic E-state index is 0.152. The van der Waals surface area contributed by atoms with Crippen molar-refractivity contribution in [3.63, 3.8) is 0 Å². The number of rotatable bonds is 3. The van der Waals surface area contributed by atoms with E-state index in [1.165, 1.54) is 13.2 Å². The normalized spacial score (nSPS) is 11.0. The molecule has 6 heteroatoms. The molecule has 1 amide bonds. The predicted molar refractivity (Wildman–Crippen MR) is 102 cm³/mol. The standard InChI is InChI=1S/C20H15ClN2O3/c1-26-19-15(20(24)22-25)10-12(21)11-18(19)23-16-8-4-2-6-13(16)14-7-3-5-9-17(14)23/h2-11,25H,1H3,(H,22,24). The Balaban J connectivity index is 2.16. The minimum Gasteiger partial charge on any atom is -0.494 e. The molecule has 0 unspecified atom stereocenters. The van der Waals surface area contributed by atoms with Crippen LogP contribution in [0.4, 0.5) is 0 Å². The third-order valence-corrected chi connectivity index (χ3v) is 4.62. The molecule has 0 saturated carbocycles. The Bertz CT molecular complexity index is 1100. The molecule has 3 aromatic carbocycles. The van der Waals surface area contributed by atoms with Crippen molar-refractivity contribution in [1.29, 1.82) is 0 Å². The molecule has 0 spiro atoms. The Morgan fingerprint density at radius 2 is 1.62 bits per heavy atom. The lowest BCUT2D eigenvalue weighted by Crippen LogP contribution is -2.20. The summed E-state index contributed by atoms with van der Waals surface area (Å²) in [5.41, 5.74) is 4.34. The fourth-order valence-corrected chi connectivity index (χ4v) is 3.58. The van der Waals surface area contributed by atoms with Gasteiger partial charge in [0.05, 0.1) is 29.4 Å². The second-order valence-electron chi connectivity index (χ2n) is 5.82. The zero-order chi connectivity index (χ0) is 18.3. The topological polar surface area (TPSA) is 63.5 Å². The van der Waals surface area contributed by atoms with Crippen molar-refractivity contribution in [3.05, 3.63) is 71.2 Å². The van der Waals surface area contributed by atoms with E-state index in [-0.39, 0.29) is 5.56 Å². The first-order valence-electron chi connectivity index (χ1n) is 7.96. The highest BCUT2D eigenvalue weighted by molar-refractivity contribution is 6.31. The van der Waals surface area contributed by atoms with Gasteiger partial charge in [0.2, 0.25) is 0 Å². The lowest BCUT2D eigenvalue weighted by atomic mass is 10.1. The van der Waals surface area contributed by atoms with Crippen LogP contribution in [0.25, 0.3) is 27.5 Å². The van der Waals surface area contributed by atoms with Crippen LogP contribution in [-0.4, -0.2) is 22.8 Å². The number of para-hydroxylation sites is 2. The van der Waals surface area contributed by atoms with Gasteiger partial charge < -0.3 is 9.30 Å². The molecular formula is C20H15ClN2O3. The van der Waals surface area contributed by atoms with Gasteiger partial charge in [-0.3, -0.25) is 10.0 Å². The summed E-state index contributed by atoms with van der Waals surface area (Å²) >= 11 is 6.27. The average Bonchev–Trinajstić information content (AvgIpc) is 3.01. The number of hydroxylamine groups is 1. The van der Waals surface area contributed by atoms with Crippen LogP contribution in [-0.2, 0) is 0 Å². The van der Waals surface area contributed by atoms with Crippen LogP contribution >= 0.6 is 11.6 Å². The molecule has 0 aliphatic carbocycles. The van der Waals surface area contributed by atoms with E-state index >= 15 is 0 Å². The lowest BCUT2D eigenvalue weighted by molar-refractivity contribution is 0.0703. The molecule has 0 atom stereocenters. The number of hydrogen-bond donors (Lipinski definition) is 2. The molecule has 26 heavy (non-hydrogen) atoms. The molecule has 1 aromatic heterocycles. The quantitative estimate of drug-likeness (QED) is 0.412. The fraction of sp³-hybridized carbons (Fsp3) is 0.0500. The number of amides is 1. The zero-order valence-corrected chi connectivity index (χ0v) is 14.6. The predicted octanol–water partition coefficient (Wildman–Crippen LogP) is 4.56. The van der Waals surface area contributed by atoms with E-state index in [0.29, 0.717) is 16.5 Å². The molecule has 0 radical (unpaired) electrons. The minimum atomic E-state index is -0.689. The smallest absolute Gasteiger partial charge is 0.278 e. The molecular weight excluding hydrogens is 352 g/mol. The van der Waals surface area contributed by atoms with E-state index < -0.39 is 5.91 Å². The van der Waals surface area contributed by atoms with Crippen molar-refractivity contribution < 1.29 is 14.7 Å². The number of nitrogens with one attached hydrogen (secondary N) is 1. The lowest BCUT2D eigenvalue weighted by Gasteiger charge is -2.16. The number of aromatic nitrogens is 1. The molecule has 4 rings (SSSR count). The number of fused-ring (bicyclic) bond motifs is 3. The summed E-state index contributed by atoms with van der Waals surface area (Å²) < 4.78 is 7.53. The number of hydrogen-bond acceptors (Lipinski definition) is 3. The first-order valence-corrected chi connectivity index (χ1v) is 8.34. The molecule has 130 valence electrons. The number of carbonyl (C=O) groups excluding carboxylic acids is 1. The van der Waals surface area contributed by atoms with Gasteiger partial charge in [0.15, 0.2) is 5.75 Å². The maximum atomic E-state index is 12.1. The molecule has 0 fully saturated rings. The van der Waals surface area contributed by atoms with Gasteiger partial charge in [-0.05, 0) is 24.3 Å². The third-order valence-electron chi connectivity index (χ3n) is 4.41. The van der Waals surface area contributed by atoms with Crippen LogP contribution < -0.4 is 10.2 Å². The summed E-state index contributed by atoms with van der Waals surface area (Å²) in [7, 11) is 1.48. The van der Waals surface area contributed by atoms with Crippen molar-refractivity contribution in [2.75, 3.05) is 7.11 Å². The van der Waals surface area contributed by atoms with E-state index in [0.717, 1.165) is 21.8 Å². The van der Waals surface area contributed by atoms with Crippen molar-refractivity contribution in [2.24, 2.45) is 0 Å². The van der Waals surface area contributed by atoms with Crippen LogP contribution in [0.15, 0.2) is 60.7 Å². The Kier molecular flexibility index (Phi) is 4.03. The maximum absolute atomic E-state index is 12.1. The van der Waals surface area contributed by atoms with E-state index in [4.69, 9.17) is 21.5 Å². The van der Waals surface area contributed by atoms with Gasteiger partial charge in [0, 0.05) is 15.8 Å². The summed E-state index contributed by atoms with van der Waals surface area (Å²) in [6.45, 7) is 0. The van der Waals surface area contributed by atoms with Crippen LogP contribution in [0.1, 0.15) is 10.4 Å². The SMILES string of the molecule is COc1c(C(=O)NO)cc(Cl)cc1-n1c2ccccc2c2ccccc21. The molecule has 5 nitrogen and oxygen atoms in total. The summed E-state index contributed by atoms with van der Waals surface area (Å²) in [5, 5.41) is 11.6. The van der Waals surface area contributed by atoms with Crippen LogP contribution in [0.5, 0.6) is 5.75 Å². The molecule has 1 heterocycles. The Labute approximate surface area is 154 Å². The van der Waals surface area contributed by atoms with Crippen molar-refractivity contribution in [3.8, 4) is 11.4 Å². The Morgan fingerprint density at radius 3 is 2.15 bits per heavy atom. The summed E-state index contributed by atoms with van der Waals surface area (Å²) in [6.07, 6.45) is 0. The molecule has 4 aromatic rings. The van der Waals surface area contributed by atoms with Gasteiger partial charge in [-0.15, -0.1) is 0 Å². The van der Waals surface area contributed by atoms with E-state index in [9.17, 15) is 4.79 Å². The maximum Gasteiger partial charge on any atom is 0.278 e. The largest absolute Gasteiger partial charge is 0.494 e. The molecule has 0 aliphatic rings. The van der Waals surface area contributed by atoms with Gasteiger partial charge in [-0.2, -0.15) is 0 Å². The number of methoxy groups -OCH3 is 1. The number of nitrogens with zero attached hydrogens (tertiary/aromatic N) is 1. The van der Waals surface area contributed by atoms with Crippen LogP contribution in [0.2, 0.25) is 5.02 Å². The average molecular weight is 367 g/mol. The van der Waals surface area contributed by atoms with Gasteiger partial charge in [0.1, 0.15) is 0 Å². The van der Waals surface area contributed by atoms with Crippen molar-refractivity contribution in [2.45, 2.75) is 0 Å². The number of ether oxygens (including phenoxy) is 1. The van der Waals surface area contributed by atoms with Gasteiger partial charge in [-0.25, -0.2) is 5.48 Å². The van der Waals surface area contributed by atoms with Gasteiger partial charge in [-0.1, -0.05) is 48.0 Å². The van der Waals surface area contributed by atoms with E-state index in [1.807, 2.05) is 53.1 Å². The number of halogens is 1. The van der Waals surface area contributed by atoms with Crippen LogP contribution in [0.3, 0.4) is 0 Å². The highest BCUT2D eigenvalue weighted by atomic mass is 35.5. The first kappa shape index (κ1) is 16.4. The highest BCUT2D eigenvalue weighted by Gasteiger charge is 2.21. The van der Waals surface area contributed by atoms with Gasteiger partial charge >= 0.3 is 0 Å². The third kappa shape index (κ3) is 2.41. The van der Waals surface area contributed by atoms with Crippen molar-refractivity contribution >= 4 is 39.3 Å². The summed E-state index contributed by atoms with van der Waals surface area (Å²) in [5.74, 6) is -0.362. The molecule has 0 bridgehead atoms. The highest BCUT2D eigenvalue weighted by Crippen LogP contribution is 2.38. The molecule has 0 saturated heterocycles. The first-order chi connectivity index (χ1) is 12.7. The Morgan fingerprint density at radius 1 is 1.04 bits per heavy atom. The summed E-state index contributed by atoms with van der Waals surface area (Å²) in [4.78, 5) is 12.1. The van der Waals surface area contributed by atoms with Crippen molar-refractivity contribution in [1.82, 2.24) is 10.0 Å². The monoisotopic (exact) mass is 366 g/mol. The zero-order valence-electron chi connectivity index (χ0n) is 13.9. The van der Waals surface area contributed by atoms with Gasteiger partial charge in [0.25, 0.3) is 5.91 Å². The fourth-order valence-electron chi connectivity index (χ4n) is 3.37. The second kappa shape index (κ2) is 6.37. The Hall–Kier alpha value is -3.02. The second-order valence-corrected chi connectivity index (χ2v) is 6.25. The number of benzene rings is 3. The molecule has 2 N–H and O–H groups in total. The van der Waals surface area contributed by atoms with Crippen LogP contribution in [0, 0.1) is 0 Å². The van der Waals surface area contributed by atoms with E-state index in [1.54, 1.807) is 11.5 Å². The van der Waals surface area contributed by atoms with E-state index in [2.05, 4.69) is 0 Å². The summed E-state index contributed by atoms with van der Waals surface area (Å²) in [6, 6.07) is 19.2. The number of carbonyl (C=O) groups is 1.